The SMILES string of the molecule is Cc1cc(NC(=O)COC(=O)[C@H]2CC(=O)N(c3ccccc3Cl)C2)c(C)cc1Br. The van der Waals surface area contributed by atoms with Gasteiger partial charge >= 0.3 is 5.97 Å². The molecular weight excluding hydrogens is 460 g/mol. The lowest BCUT2D eigenvalue weighted by atomic mass is 10.1. The van der Waals surface area contributed by atoms with Crippen molar-refractivity contribution < 1.29 is 19.1 Å². The van der Waals surface area contributed by atoms with Crippen LogP contribution in [0, 0.1) is 19.8 Å². The minimum Gasteiger partial charge on any atom is -0.455 e. The quantitative estimate of drug-likeness (QED) is 0.651. The first kappa shape index (κ1) is 21.3. The highest BCUT2D eigenvalue weighted by Gasteiger charge is 2.37. The van der Waals surface area contributed by atoms with Gasteiger partial charge in [0, 0.05) is 23.1 Å². The van der Waals surface area contributed by atoms with Crippen LogP contribution in [0.2, 0.25) is 5.02 Å². The molecule has 1 saturated heterocycles. The third kappa shape index (κ3) is 4.97. The molecule has 1 fully saturated rings. The van der Waals surface area contributed by atoms with E-state index in [0.717, 1.165) is 15.6 Å². The van der Waals surface area contributed by atoms with Crippen molar-refractivity contribution in [2.75, 3.05) is 23.4 Å². The molecule has 0 spiro atoms. The molecule has 3 rings (SSSR count). The number of aryl methyl sites for hydroxylation is 2. The number of nitrogens with one attached hydrogen (secondary N) is 1. The van der Waals surface area contributed by atoms with Crippen LogP contribution in [0.3, 0.4) is 0 Å². The van der Waals surface area contributed by atoms with Gasteiger partial charge in [0.2, 0.25) is 5.91 Å². The van der Waals surface area contributed by atoms with Gasteiger partial charge in [-0.3, -0.25) is 14.4 Å². The number of hydrogen-bond acceptors (Lipinski definition) is 4. The Bertz CT molecular complexity index is 979. The normalized spacial score (nSPS) is 16.1. The van der Waals surface area contributed by atoms with Crippen molar-refractivity contribution in [2.45, 2.75) is 20.3 Å². The Morgan fingerprint density at radius 2 is 1.97 bits per heavy atom. The number of nitrogens with zero attached hydrogens (tertiary/aromatic N) is 1. The van der Waals surface area contributed by atoms with E-state index >= 15 is 0 Å². The second-order valence-corrected chi connectivity index (χ2v) is 8.19. The highest BCUT2D eigenvalue weighted by Crippen LogP contribution is 2.31. The van der Waals surface area contributed by atoms with Crippen molar-refractivity contribution in [1.82, 2.24) is 0 Å². The summed E-state index contributed by atoms with van der Waals surface area (Å²) in [5.41, 5.74) is 3.09. The van der Waals surface area contributed by atoms with Gasteiger partial charge in [-0.2, -0.15) is 0 Å². The number of anilines is 2. The first-order valence-electron chi connectivity index (χ1n) is 9.04. The molecule has 1 heterocycles. The average Bonchev–Trinajstić information content (AvgIpc) is 3.06. The second kappa shape index (κ2) is 8.97. The molecule has 1 N–H and O–H groups in total. The van der Waals surface area contributed by atoms with Gasteiger partial charge in [-0.1, -0.05) is 39.7 Å². The number of halogens is 2. The van der Waals surface area contributed by atoms with Crippen molar-refractivity contribution in [3.8, 4) is 0 Å². The smallest absolute Gasteiger partial charge is 0.311 e. The number of carbonyl (C=O) groups excluding carboxylic acids is 3. The number of esters is 1. The lowest BCUT2D eigenvalue weighted by Crippen LogP contribution is -2.28. The fourth-order valence-corrected chi connectivity index (χ4v) is 3.82. The summed E-state index contributed by atoms with van der Waals surface area (Å²) >= 11 is 9.59. The first-order chi connectivity index (χ1) is 13.8. The van der Waals surface area contributed by atoms with E-state index in [0.29, 0.717) is 16.4 Å². The van der Waals surface area contributed by atoms with Gasteiger partial charge in [0.25, 0.3) is 5.91 Å². The highest BCUT2D eigenvalue weighted by molar-refractivity contribution is 9.10. The third-order valence-corrected chi connectivity index (χ3v) is 5.90. The molecule has 0 bridgehead atoms. The fraction of sp³-hybridized carbons (Fsp3) is 0.286. The number of hydrogen-bond donors (Lipinski definition) is 1. The second-order valence-electron chi connectivity index (χ2n) is 6.93. The molecule has 6 nitrogen and oxygen atoms in total. The molecule has 1 aliphatic heterocycles. The van der Waals surface area contributed by atoms with E-state index in [-0.39, 0.29) is 18.9 Å². The van der Waals surface area contributed by atoms with Crippen molar-refractivity contribution in [3.63, 3.8) is 0 Å². The first-order valence-corrected chi connectivity index (χ1v) is 10.2. The Labute approximate surface area is 182 Å². The summed E-state index contributed by atoms with van der Waals surface area (Å²) in [6.07, 6.45) is 0.0245. The molecular formula is C21H20BrClN2O4. The molecule has 2 aromatic rings. The summed E-state index contributed by atoms with van der Waals surface area (Å²) in [6, 6.07) is 10.7. The highest BCUT2D eigenvalue weighted by atomic mass is 79.9. The summed E-state index contributed by atoms with van der Waals surface area (Å²) in [7, 11) is 0. The van der Waals surface area contributed by atoms with Crippen molar-refractivity contribution in [2.24, 2.45) is 5.92 Å². The zero-order valence-electron chi connectivity index (χ0n) is 16.0. The molecule has 8 heteroatoms. The van der Waals surface area contributed by atoms with Crippen LogP contribution in [0.15, 0.2) is 40.9 Å². The van der Waals surface area contributed by atoms with Gasteiger partial charge in [-0.25, -0.2) is 0 Å². The third-order valence-electron chi connectivity index (χ3n) is 4.73. The predicted octanol–water partition coefficient (Wildman–Crippen LogP) is 4.25. The van der Waals surface area contributed by atoms with Crippen LogP contribution >= 0.6 is 27.5 Å². The number of para-hydroxylation sites is 1. The van der Waals surface area contributed by atoms with Crippen LogP contribution in [-0.2, 0) is 19.1 Å². The van der Waals surface area contributed by atoms with E-state index in [2.05, 4.69) is 21.2 Å². The van der Waals surface area contributed by atoms with Crippen LogP contribution in [0.5, 0.6) is 0 Å². The minimum atomic E-state index is -0.636. The average molecular weight is 480 g/mol. The molecule has 1 aliphatic rings. The maximum Gasteiger partial charge on any atom is 0.311 e. The van der Waals surface area contributed by atoms with E-state index in [1.54, 1.807) is 24.3 Å². The number of rotatable bonds is 5. The van der Waals surface area contributed by atoms with E-state index in [4.69, 9.17) is 16.3 Å². The summed E-state index contributed by atoms with van der Waals surface area (Å²) in [5.74, 6) is -1.85. The van der Waals surface area contributed by atoms with Crippen LogP contribution < -0.4 is 10.2 Å². The van der Waals surface area contributed by atoms with Gasteiger partial charge < -0.3 is 15.0 Å². The monoisotopic (exact) mass is 478 g/mol. The van der Waals surface area contributed by atoms with E-state index in [1.807, 2.05) is 26.0 Å². The summed E-state index contributed by atoms with van der Waals surface area (Å²) in [4.78, 5) is 38.3. The summed E-state index contributed by atoms with van der Waals surface area (Å²) < 4.78 is 6.10. The molecule has 0 saturated carbocycles. The molecule has 2 aromatic carbocycles. The zero-order valence-corrected chi connectivity index (χ0v) is 18.3. The standard InChI is InChI=1S/C21H20BrClN2O4/c1-12-8-17(13(2)7-15(12)22)24-19(26)11-29-21(28)14-9-20(27)25(10-14)18-6-4-3-5-16(18)23/h3-8,14H,9-11H2,1-2H3,(H,24,26)/t14-/m0/s1. The Kier molecular flexibility index (Phi) is 6.59. The molecule has 1 atom stereocenters. The van der Waals surface area contributed by atoms with Crippen molar-refractivity contribution in [1.29, 1.82) is 0 Å². The largest absolute Gasteiger partial charge is 0.455 e. The van der Waals surface area contributed by atoms with Gasteiger partial charge in [-0.15, -0.1) is 0 Å². The van der Waals surface area contributed by atoms with E-state index in [9.17, 15) is 14.4 Å². The van der Waals surface area contributed by atoms with Crippen LogP contribution in [0.4, 0.5) is 11.4 Å². The molecule has 0 radical (unpaired) electrons. The van der Waals surface area contributed by atoms with Crippen molar-refractivity contribution in [3.05, 3.63) is 57.0 Å². The number of carbonyl (C=O) groups is 3. The predicted molar refractivity (Wildman–Crippen MR) is 115 cm³/mol. The number of ether oxygens (including phenoxy) is 1. The summed E-state index contributed by atoms with van der Waals surface area (Å²) in [6.45, 7) is 3.55. The molecule has 0 aliphatic carbocycles. The Morgan fingerprint density at radius 1 is 1.24 bits per heavy atom. The molecule has 0 unspecified atom stereocenters. The number of benzene rings is 2. The van der Waals surface area contributed by atoms with Crippen molar-refractivity contribution >= 4 is 56.7 Å². The van der Waals surface area contributed by atoms with Crippen LogP contribution in [0.25, 0.3) is 0 Å². The van der Waals surface area contributed by atoms with Gasteiger partial charge in [-0.05, 0) is 49.2 Å². The van der Waals surface area contributed by atoms with Gasteiger partial charge in [0.05, 0.1) is 16.6 Å². The molecule has 0 aromatic heterocycles. The molecule has 2 amide bonds. The Hall–Kier alpha value is -2.38. The van der Waals surface area contributed by atoms with E-state index < -0.39 is 24.4 Å². The zero-order chi connectivity index (χ0) is 21.1. The topological polar surface area (TPSA) is 75.7 Å². The van der Waals surface area contributed by atoms with Gasteiger partial charge in [0.1, 0.15) is 0 Å². The maximum atomic E-state index is 12.4. The fourth-order valence-electron chi connectivity index (χ4n) is 3.13. The Morgan fingerprint density at radius 3 is 2.69 bits per heavy atom. The Balaban J connectivity index is 1.56. The maximum absolute atomic E-state index is 12.4. The van der Waals surface area contributed by atoms with Crippen LogP contribution in [-0.4, -0.2) is 30.9 Å². The summed E-state index contributed by atoms with van der Waals surface area (Å²) in [5, 5.41) is 3.18. The molecule has 29 heavy (non-hydrogen) atoms. The van der Waals surface area contributed by atoms with Gasteiger partial charge in [0.15, 0.2) is 6.61 Å². The number of amides is 2. The lowest BCUT2D eigenvalue weighted by molar-refractivity contribution is -0.151. The molecule has 152 valence electrons. The van der Waals surface area contributed by atoms with E-state index in [1.165, 1.54) is 4.90 Å². The lowest BCUT2D eigenvalue weighted by Gasteiger charge is -2.17. The minimum absolute atomic E-state index is 0.0245. The van der Waals surface area contributed by atoms with Crippen LogP contribution in [0.1, 0.15) is 17.5 Å².